The van der Waals surface area contributed by atoms with E-state index in [1.807, 2.05) is 6.07 Å². The summed E-state index contributed by atoms with van der Waals surface area (Å²) in [6.07, 6.45) is 3.56. The van der Waals surface area contributed by atoms with Crippen LogP contribution in [0.25, 0.3) is 0 Å². The number of nitrogens with one attached hydrogen (secondary N) is 1. The van der Waals surface area contributed by atoms with E-state index >= 15 is 0 Å². The van der Waals surface area contributed by atoms with Crippen LogP contribution in [0.1, 0.15) is 30.7 Å². The van der Waals surface area contributed by atoms with Crippen molar-refractivity contribution >= 4 is 10.0 Å². The lowest BCUT2D eigenvalue weighted by molar-refractivity contribution is 0.297. The molecule has 1 aliphatic heterocycles. The van der Waals surface area contributed by atoms with Crippen LogP contribution < -0.4 is 5.32 Å². The van der Waals surface area contributed by atoms with Crippen molar-refractivity contribution in [1.82, 2.24) is 14.6 Å². The van der Waals surface area contributed by atoms with Gasteiger partial charge in [0.15, 0.2) is 0 Å². The van der Waals surface area contributed by atoms with Gasteiger partial charge in [0, 0.05) is 25.8 Å². The summed E-state index contributed by atoms with van der Waals surface area (Å²) >= 11 is 0. The fraction of sp³-hybridized carbons (Fsp3) is 0.615. The molecule has 0 saturated carbocycles. The molecule has 0 aromatic carbocycles. The minimum absolute atomic E-state index is 0.0462. The van der Waals surface area contributed by atoms with Crippen molar-refractivity contribution in [2.45, 2.75) is 31.1 Å². The van der Waals surface area contributed by atoms with E-state index < -0.39 is 15.3 Å². The Morgan fingerprint density at radius 2 is 2.26 bits per heavy atom. The van der Waals surface area contributed by atoms with E-state index in [1.54, 1.807) is 32.3 Å². The molecule has 0 radical (unpaired) electrons. The van der Waals surface area contributed by atoms with Crippen LogP contribution in [0.15, 0.2) is 24.4 Å². The molecule has 1 saturated heterocycles. The number of sulfonamides is 1. The summed E-state index contributed by atoms with van der Waals surface area (Å²) in [7, 11) is -1.69. The maximum absolute atomic E-state index is 12.6. The molecular formula is C13H21N3O2S. The molecule has 1 aliphatic rings. The van der Waals surface area contributed by atoms with Crippen LogP contribution in [0.5, 0.6) is 0 Å². The predicted octanol–water partition coefficient (Wildman–Crippen LogP) is 1.16. The first-order valence-corrected chi connectivity index (χ1v) is 8.12. The Hall–Kier alpha value is -0.980. The normalized spacial score (nSPS) is 22.4. The van der Waals surface area contributed by atoms with Gasteiger partial charge < -0.3 is 5.32 Å². The molecule has 2 unspecified atom stereocenters. The number of nitrogens with zero attached hydrogens (tertiary/aromatic N) is 2. The molecular weight excluding hydrogens is 262 g/mol. The van der Waals surface area contributed by atoms with Crippen LogP contribution in [0.2, 0.25) is 0 Å². The first-order chi connectivity index (χ1) is 9.03. The zero-order valence-electron chi connectivity index (χ0n) is 11.4. The fourth-order valence-corrected chi connectivity index (χ4v) is 3.91. The van der Waals surface area contributed by atoms with E-state index in [1.165, 1.54) is 4.31 Å². The van der Waals surface area contributed by atoms with Crippen LogP contribution in [0.3, 0.4) is 0 Å². The summed E-state index contributed by atoms with van der Waals surface area (Å²) in [5.74, 6) is 0. The third-order valence-electron chi connectivity index (χ3n) is 3.74. The standard InChI is InChI=1S/C13H21N3O2S/c1-11(13-7-3-4-9-15-13)19(17,18)16(2)12-6-5-8-14-10-12/h3-4,7,9,11-12,14H,5-6,8,10H2,1-2H3. The van der Waals surface area contributed by atoms with Crippen LogP contribution in [-0.2, 0) is 10.0 Å². The number of rotatable bonds is 4. The van der Waals surface area contributed by atoms with Gasteiger partial charge in [-0.15, -0.1) is 0 Å². The molecule has 6 heteroatoms. The number of hydrogen-bond acceptors (Lipinski definition) is 4. The molecule has 0 bridgehead atoms. The summed E-state index contributed by atoms with van der Waals surface area (Å²) in [5, 5.41) is 2.63. The molecule has 0 amide bonds. The van der Waals surface area contributed by atoms with Crippen LogP contribution >= 0.6 is 0 Å². The summed E-state index contributed by atoms with van der Waals surface area (Å²) in [6, 6.07) is 5.41. The molecule has 0 aliphatic carbocycles. The minimum atomic E-state index is -3.36. The zero-order chi connectivity index (χ0) is 13.9. The number of aromatic nitrogens is 1. The summed E-state index contributed by atoms with van der Waals surface area (Å²) in [6.45, 7) is 3.40. The van der Waals surface area contributed by atoms with Crippen LogP contribution in [0, 0.1) is 0 Å². The summed E-state index contributed by atoms with van der Waals surface area (Å²) < 4.78 is 26.7. The van der Waals surface area contributed by atoms with E-state index in [4.69, 9.17) is 0 Å². The Morgan fingerprint density at radius 3 is 2.84 bits per heavy atom. The highest BCUT2D eigenvalue weighted by Gasteiger charge is 2.33. The van der Waals surface area contributed by atoms with Crippen LogP contribution in [-0.4, -0.2) is 43.9 Å². The smallest absolute Gasteiger partial charge is 0.222 e. The Balaban J connectivity index is 2.17. The van der Waals surface area contributed by atoms with Crippen molar-refractivity contribution in [3.63, 3.8) is 0 Å². The lowest BCUT2D eigenvalue weighted by Gasteiger charge is -2.32. The van der Waals surface area contributed by atoms with Crippen molar-refractivity contribution < 1.29 is 8.42 Å². The van der Waals surface area contributed by atoms with Gasteiger partial charge in [-0.05, 0) is 38.4 Å². The second kappa shape index (κ2) is 5.98. The highest BCUT2D eigenvalue weighted by Crippen LogP contribution is 2.25. The average molecular weight is 283 g/mol. The van der Waals surface area contributed by atoms with Crippen molar-refractivity contribution in [3.05, 3.63) is 30.1 Å². The van der Waals surface area contributed by atoms with E-state index in [9.17, 15) is 8.42 Å². The van der Waals surface area contributed by atoms with Gasteiger partial charge in [-0.3, -0.25) is 4.98 Å². The van der Waals surface area contributed by atoms with E-state index in [2.05, 4.69) is 10.3 Å². The Morgan fingerprint density at radius 1 is 1.47 bits per heavy atom. The van der Waals surface area contributed by atoms with Crippen LogP contribution in [0.4, 0.5) is 0 Å². The highest BCUT2D eigenvalue weighted by atomic mass is 32.2. The van der Waals surface area contributed by atoms with Gasteiger partial charge in [0.25, 0.3) is 0 Å². The molecule has 2 heterocycles. The predicted molar refractivity (Wildman–Crippen MR) is 75.2 cm³/mol. The largest absolute Gasteiger partial charge is 0.315 e. The molecule has 1 aromatic rings. The molecule has 0 spiro atoms. The molecule has 2 rings (SSSR count). The molecule has 19 heavy (non-hydrogen) atoms. The number of likely N-dealkylation sites (N-methyl/N-ethyl adjacent to an activating group) is 1. The Bertz CT molecular complexity index is 498. The maximum atomic E-state index is 12.6. The zero-order valence-corrected chi connectivity index (χ0v) is 12.2. The van der Waals surface area contributed by atoms with E-state index in [-0.39, 0.29) is 6.04 Å². The monoisotopic (exact) mass is 283 g/mol. The first kappa shape index (κ1) is 14.4. The first-order valence-electron chi connectivity index (χ1n) is 6.62. The lowest BCUT2D eigenvalue weighted by Crippen LogP contribution is -2.47. The van der Waals surface area contributed by atoms with Gasteiger partial charge >= 0.3 is 0 Å². The Labute approximate surface area is 115 Å². The van der Waals surface area contributed by atoms with Gasteiger partial charge in [-0.1, -0.05) is 6.07 Å². The SMILES string of the molecule is CC(c1ccccn1)S(=O)(=O)N(C)C1CCCNC1. The second-order valence-corrected chi connectivity index (χ2v) is 7.27. The maximum Gasteiger partial charge on any atom is 0.222 e. The highest BCUT2D eigenvalue weighted by molar-refractivity contribution is 7.89. The molecule has 1 fully saturated rings. The summed E-state index contributed by atoms with van der Waals surface area (Å²) in [5.41, 5.74) is 0.595. The van der Waals surface area contributed by atoms with Gasteiger partial charge in [0.05, 0.1) is 5.69 Å². The molecule has 1 aromatic heterocycles. The van der Waals surface area contributed by atoms with Gasteiger partial charge in [-0.2, -0.15) is 0 Å². The van der Waals surface area contributed by atoms with Crippen molar-refractivity contribution in [2.24, 2.45) is 0 Å². The fourth-order valence-electron chi connectivity index (χ4n) is 2.37. The molecule has 5 nitrogen and oxygen atoms in total. The van der Waals surface area contributed by atoms with Crippen molar-refractivity contribution in [2.75, 3.05) is 20.1 Å². The van der Waals surface area contributed by atoms with E-state index in [0.717, 1.165) is 25.9 Å². The average Bonchev–Trinajstić information content (AvgIpc) is 2.47. The third kappa shape index (κ3) is 3.13. The van der Waals surface area contributed by atoms with Crippen molar-refractivity contribution in [3.8, 4) is 0 Å². The lowest BCUT2D eigenvalue weighted by atomic mass is 10.1. The summed E-state index contributed by atoms with van der Waals surface area (Å²) in [4.78, 5) is 4.15. The van der Waals surface area contributed by atoms with Gasteiger partial charge in [0.1, 0.15) is 5.25 Å². The number of piperidine rings is 1. The molecule has 1 N–H and O–H groups in total. The Kier molecular flexibility index (Phi) is 4.54. The number of hydrogen-bond donors (Lipinski definition) is 1. The van der Waals surface area contributed by atoms with Crippen molar-refractivity contribution in [1.29, 1.82) is 0 Å². The third-order valence-corrected chi connectivity index (χ3v) is 5.97. The topological polar surface area (TPSA) is 62.3 Å². The number of pyridine rings is 1. The van der Waals surface area contributed by atoms with Gasteiger partial charge in [-0.25, -0.2) is 12.7 Å². The second-order valence-electron chi connectivity index (χ2n) is 4.96. The minimum Gasteiger partial charge on any atom is -0.315 e. The van der Waals surface area contributed by atoms with E-state index in [0.29, 0.717) is 5.69 Å². The molecule has 2 atom stereocenters. The van der Waals surface area contributed by atoms with Gasteiger partial charge in [0.2, 0.25) is 10.0 Å². The quantitative estimate of drug-likeness (QED) is 0.900. The molecule has 106 valence electrons.